The number of methoxy groups -OCH3 is 2. The van der Waals surface area contributed by atoms with Crippen LogP contribution in [-0.4, -0.2) is 50.1 Å². The maximum atomic E-state index is 10.9. The number of halogens is 2. The van der Waals surface area contributed by atoms with Gasteiger partial charge in [0.15, 0.2) is 0 Å². The van der Waals surface area contributed by atoms with E-state index in [-0.39, 0.29) is 23.3 Å². The van der Waals surface area contributed by atoms with Gasteiger partial charge in [0, 0.05) is 46.5 Å². The second-order valence-corrected chi connectivity index (χ2v) is 16.6. The number of benzene rings is 6. The Labute approximate surface area is 388 Å². The number of nitrogens with zero attached hydrogens (tertiary/aromatic N) is 2. The SMILES string of the molecule is C=CCCOc1ccc(N=Cc2cc(OC)cc(C(C)c3ccccc3)c2O)cc1.C=CCCOc1ccc(N=Cc2cc(OC)cc(C(C)c3ccccc3)c2O)cc1.[Cl][Ti][Cl]. The van der Waals surface area contributed by atoms with E-state index in [1.54, 1.807) is 38.8 Å². The molecule has 2 N–H and O–H groups in total. The average Bonchev–Trinajstić information content (AvgIpc) is 3.32. The molecule has 6 rings (SSSR count). The molecule has 0 radical (unpaired) electrons. The summed E-state index contributed by atoms with van der Waals surface area (Å²) < 4.78 is 22.1. The van der Waals surface area contributed by atoms with Crippen molar-refractivity contribution < 1.29 is 46.2 Å². The summed E-state index contributed by atoms with van der Waals surface area (Å²) in [6.07, 6.45) is 8.58. The van der Waals surface area contributed by atoms with Crippen molar-refractivity contribution in [1.82, 2.24) is 0 Å². The second kappa shape index (κ2) is 27.3. The van der Waals surface area contributed by atoms with Gasteiger partial charge in [0.05, 0.1) is 38.8 Å². The molecule has 6 aromatic carbocycles. The van der Waals surface area contributed by atoms with Crippen LogP contribution in [0.2, 0.25) is 0 Å². The Morgan fingerprint density at radius 1 is 0.556 bits per heavy atom. The fraction of sp³-hybridized carbons (Fsp3) is 0.192. The molecule has 63 heavy (non-hydrogen) atoms. The molecule has 8 nitrogen and oxygen atoms in total. The molecular formula is C52H54Cl2N2O6Ti. The van der Waals surface area contributed by atoms with Crippen LogP contribution in [0.25, 0.3) is 0 Å². The molecule has 0 aromatic heterocycles. The molecule has 0 saturated heterocycles. The zero-order valence-corrected chi connectivity index (χ0v) is 39.2. The quantitative estimate of drug-likeness (QED) is 0.0385. The first-order valence-corrected chi connectivity index (χ1v) is 24.6. The predicted octanol–water partition coefficient (Wildman–Crippen LogP) is 13.9. The first kappa shape index (κ1) is 49.9. The summed E-state index contributed by atoms with van der Waals surface area (Å²) in [7, 11) is 13.0. The van der Waals surface area contributed by atoms with Crippen molar-refractivity contribution in [3.8, 4) is 34.5 Å². The summed E-state index contributed by atoms with van der Waals surface area (Å²) in [5, 5.41) is 21.8. The second-order valence-electron chi connectivity index (χ2n) is 14.0. The van der Waals surface area contributed by atoms with Crippen LogP contribution in [0.4, 0.5) is 11.4 Å². The number of ether oxygens (including phenoxy) is 4. The van der Waals surface area contributed by atoms with E-state index in [2.05, 4.69) is 61.3 Å². The van der Waals surface area contributed by atoms with Gasteiger partial charge in [0.2, 0.25) is 0 Å². The molecule has 11 heteroatoms. The Morgan fingerprint density at radius 2 is 0.905 bits per heavy atom. The van der Waals surface area contributed by atoms with E-state index in [1.165, 1.54) is 0 Å². The van der Waals surface area contributed by atoms with E-state index >= 15 is 0 Å². The number of hydrogen-bond acceptors (Lipinski definition) is 8. The van der Waals surface area contributed by atoms with Gasteiger partial charge in [-0.2, -0.15) is 0 Å². The summed E-state index contributed by atoms with van der Waals surface area (Å²) in [4.78, 5) is 9.02. The van der Waals surface area contributed by atoms with Gasteiger partial charge in [-0.25, -0.2) is 0 Å². The van der Waals surface area contributed by atoms with E-state index in [1.807, 2.05) is 109 Å². The Kier molecular flexibility index (Phi) is 21.6. The first-order valence-electron chi connectivity index (χ1n) is 20.3. The van der Waals surface area contributed by atoms with E-state index < -0.39 is 17.0 Å². The number of aliphatic imine (C=N–C) groups is 2. The van der Waals surface area contributed by atoms with Gasteiger partial charge in [-0.1, -0.05) is 86.7 Å². The number of phenols is 2. The monoisotopic (exact) mass is 920 g/mol. The minimum atomic E-state index is -0.556. The third-order valence-corrected chi connectivity index (χ3v) is 9.85. The maximum absolute atomic E-state index is 10.9. The molecule has 0 aliphatic rings. The van der Waals surface area contributed by atoms with E-state index in [0.717, 1.165) is 58.0 Å². The molecular weight excluding hydrogens is 867 g/mol. The predicted molar refractivity (Wildman–Crippen MR) is 257 cm³/mol. The number of rotatable bonds is 18. The van der Waals surface area contributed by atoms with Gasteiger partial charge < -0.3 is 29.2 Å². The summed E-state index contributed by atoms with van der Waals surface area (Å²) in [5.74, 6) is 3.38. The van der Waals surface area contributed by atoms with Crippen molar-refractivity contribution in [2.24, 2.45) is 9.98 Å². The topological polar surface area (TPSA) is 102 Å². The van der Waals surface area contributed by atoms with Gasteiger partial charge in [-0.05, 0) is 96.8 Å². The average molecular weight is 922 g/mol. The fourth-order valence-corrected chi connectivity index (χ4v) is 6.30. The van der Waals surface area contributed by atoms with Crippen LogP contribution in [-0.2, 0) is 17.0 Å². The standard InChI is InChI=1S/2C26H27NO3.2ClH.Ti/c2*1-4-5-15-30-23-13-11-22(12-14-23)27-18-21-16-24(29-3)17-25(26(21)28)19(2)20-9-7-6-8-10-20;;;/h2*4,6-14,16-19,28H,1,5,15H2,2-3H3;2*1H;/q;;;;+2/p-2. The van der Waals surface area contributed by atoms with Crippen molar-refractivity contribution in [2.75, 3.05) is 27.4 Å². The summed E-state index contributed by atoms with van der Waals surface area (Å²) >= 11 is -0.556. The third-order valence-electron chi connectivity index (χ3n) is 9.85. The van der Waals surface area contributed by atoms with E-state index in [4.69, 9.17) is 37.6 Å². The fourth-order valence-electron chi connectivity index (χ4n) is 6.30. The van der Waals surface area contributed by atoms with Crippen molar-refractivity contribution in [2.45, 2.75) is 38.5 Å². The van der Waals surface area contributed by atoms with Crippen LogP contribution in [0.5, 0.6) is 34.5 Å². The third kappa shape index (κ3) is 15.8. The molecule has 0 heterocycles. The molecule has 6 aromatic rings. The molecule has 0 aliphatic carbocycles. The minimum absolute atomic E-state index is 0.0143. The summed E-state index contributed by atoms with van der Waals surface area (Å²) in [6.45, 7) is 12.7. The molecule has 0 spiro atoms. The molecule has 0 saturated carbocycles. The van der Waals surface area contributed by atoms with Crippen LogP contribution in [0.15, 0.2) is 169 Å². The first-order chi connectivity index (χ1) is 30.6. The van der Waals surface area contributed by atoms with Gasteiger partial charge >= 0.3 is 35.6 Å². The van der Waals surface area contributed by atoms with Crippen molar-refractivity contribution in [3.63, 3.8) is 0 Å². The Morgan fingerprint density at radius 3 is 1.22 bits per heavy atom. The van der Waals surface area contributed by atoms with Crippen LogP contribution in [0.3, 0.4) is 0 Å². The normalized spacial score (nSPS) is 11.6. The van der Waals surface area contributed by atoms with Gasteiger partial charge in [0.1, 0.15) is 34.5 Å². The molecule has 0 amide bonds. The Balaban J connectivity index is 0.000000260. The van der Waals surface area contributed by atoms with Crippen LogP contribution < -0.4 is 18.9 Å². The summed E-state index contributed by atoms with van der Waals surface area (Å²) in [6, 6.07) is 42.5. The van der Waals surface area contributed by atoms with Crippen molar-refractivity contribution in [3.05, 3.63) is 192 Å². The van der Waals surface area contributed by atoms with Gasteiger partial charge in [0.25, 0.3) is 0 Å². The van der Waals surface area contributed by atoms with Crippen molar-refractivity contribution >= 4 is 42.4 Å². The molecule has 2 atom stereocenters. The zero-order chi connectivity index (χ0) is 45.4. The van der Waals surface area contributed by atoms with Gasteiger partial charge in [-0.15, -0.1) is 13.2 Å². The molecule has 2 unspecified atom stereocenters. The molecule has 0 bridgehead atoms. The molecule has 0 aliphatic heterocycles. The number of hydrogen-bond donors (Lipinski definition) is 2. The number of aromatic hydroxyl groups is 2. The van der Waals surface area contributed by atoms with E-state index in [9.17, 15) is 10.2 Å². The molecule has 326 valence electrons. The number of phenolic OH excluding ortho intramolecular Hbond substituents is 2. The Bertz CT molecular complexity index is 2190. The summed E-state index contributed by atoms with van der Waals surface area (Å²) in [5.41, 5.74) is 6.60. The van der Waals surface area contributed by atoms with Gasteiger partial charge in [-0.3, -0.25) is 9.98 Å². The molecule has 0 fully saturated rings. The van der Waals surface area contributed by atoms with Crippen LogP contribution in [0, 0.1) is 0 Å². The Hall–Kier alpha value is -5.77. The van der Waals surface area contributed by atoms with Crippen molar-refractivity contribution in [1.29, 1.82) is 0 Å². The van der Waals surface area contributed by atoms with E-state index in [0.29, 0.717) is 35.8 Å². The zero-order valence-electron chi connectivity index (χ0n) is 36.1. The van der Waals surface area contributed by atoms with Crippen LogP contribution in [0.1, 0.15) is 71.9 Å². The van der Waals surface area contributed by atoms with Crippen LogP contribution >= 0.6 is 18.6 Å².